The summed E-state index contributed by atoms with van der Waals surface area (Å²) >= 11 is 0. The highest BCUT2D eigenvalue weighted by Gasteiger charge is 2.31. The molecule has 1 atom stereocenters. The molecule has 1 unspecified atom stereocenters. The number of amides is 3. The molecule has 108 valence electrons. The van der Waals surface area contributed by atoms with Crippen LogP contribution in [0.1, 0.15) is 12.0 Å². The summed E-state index contributed by atoms with van der Waals surface area (Å²) in [6, 6.07) is 6.83. The molecule has 2 rings (SSSR count). The van der Waals surface area contributed by atoms with E-state index in [1.807, 2.05) is 26.2 Å². The summed E-state index contributed by atoms with van der Waals surface area (Å²) in [5.74, 6) is 0.180. The molecule has 0 radical (unpaired) electrons. The van der Waals surface area contributed by atoms with Gasteiger partial charge in [-0.3, -0.25) is 9.69 Å². The zero-order chi connectivity index (χ0) is 14.7. The third kappa shape index (κ3) is 3.27. The van der Waals surface area contributed by atoms with E-state index in [1.54, 1.807) is 17.0 Å². The number of hydrogen-bond donors (Lipinski definition) is 2. The molecule has 0 aromatic heterocycles. The topological polar surface area (TPSA) is 78.7 Å². The number of nitrogens with one attached hydrogen (secondary N) is 1. The van der Waals surface area contributed by atoms with Gasteiger partial charge in [-0.15, -0.1) is 0 Å². The van der Waals surface area contributed by atoms with Crippen molar-refractivity contribution < 1.29 is 9.59 Å². The monoisotopic (exact) mass is 276 g/mol. The minimum absolute atomic E-state index is 0.0385. The Labute approximate surface area is 118 Å². The lowest BCUT2D eigenvalue weighted by molar-refractivity contribution is -0.130. The van der Waals surface area contributed by atoms with Gasteiger partial charge in [0.25, 0.3) is 0 Å². The number of carbonyl (C=O) groups excluding carboxylic acids is 2. The normalized spacial score (nSPS) is 18.6. The van der Waals surface area contributed by atoms with Crippen LogP contribution in [-0.4, -0.2) is 48.4 Å². The maximum absolute atomic E-state index is 11.9. The molecule has 0 spiro atoms. The van der Waals surface area contributed by atoms with Crippen molar-refractivity contribution in [3.63, 3.8) is 0 Å². The highest BCUT2D eigenvalue weighted by Crippen LogP contribution is 2.17. The second-order valence-electron chi connectivity index (χ2n) is 5.17. The SMILES string of the molecule is CN1CCC(N(C)Cc2ccc(NC(N)=O)cc2)C1=O. The van der Waals surface area contributed by atoms with Crippen LogP contribution in [-0.2, 0) is 11.3 Å². The van der Waals surface area contributed by atoms with Crippen LogP contribution in [0.5, 0.6) is 0 Å². The first-order chi connectivity index (χ1) is 9.47. The Morgan fingerprint density at radius 2 is 2.10 bits per heavy atom. The number of urea groups is 1. The predicted octanol–water partition coefficient (Wildman–Crippen LogP) is 0.840. The molecule has 0 bridgehead atoms. The van der Waals surface area contributed by atoms with E-state index in [2.05, 4.69) is 10.2 Å². The average Bonchev–Trinajstić information content (AvgIpc) is 2.72. The second kappa shape index (κ2) is 5.92. The molecule has 3 N–H and O–H groups in total. The Bertz CT molecular complexity index is 500. The lowest BCUT2D eigenvalue weighted by atomic mass is 10.1. The molecule has 1 heterocycles. The fraction of sp³-hybridized carbons (Fsp3) is 0.429. The van der Waals surface area contributed by atoms with E-state index < -0.39 is 6.03 Å². The summed E-state index contributed by atoms with van der Waals surface area (Å²) in [5, 5.41) is 2.52. The van der Waals surface area contributed by atoms with E-state index in [0.29, 0.717) is 12.2 Å². The van der Waals surface area contributed by atoms with Crippen LogP contribution in [0.25, 0.3) is 0 Å². The van der Waals surface area contributed by atoms with Gasteiger partial charge in [-0.2, -0.15) is 0 Å². The van der Waals surface area contributed by atoms with Gasteiger partial charge in [-0.25, -0.2) is 4.79 Å². The van der Waals surface area contributed by atoms with Crippen molar-refractivity contribution in [2.24, 2.45) is 5.73 Å². The lowest BCUT2D eigenvalue weighted by Gasteiger charge is -2.22. The molecule has 0 aliphatic carbocycles. The molecule has 1 saturated heterocycles. The van der Waals surface area contributed by atoms with Gasteiger partial charge in [-0.05, 0) is 31.2 Å². The van der Waals surface area contributed by atoms with E-state index in [4.69, 9.17) is 5.73 Å². The van der Waals surface area contributed by atoms with Crippen molar-refractivity contribution in [1.82, 2.24) is 9.80 Å². The van der Waals surface area contributed by atoms with Gasteiger partial charge in [0.1, 0.15) is 0 Å². The van der Waals surface area contributed by atoms with Crippen LogP contribution < -0.4 is 11.1 Å². The molecular formula is C14H20N4O2. The molecule has 1 fully saturated rings. The molecule has 20 heavy (non-hydrogen) atoms. The van der Waals surface area contributed by atoms with E-state index in [9.17, 15) is 9.59 Å². The quantitative estimate of drug-likeness (QED) is 0.855. The molecule has 1 aliphatic rings. The molecular weight excluding hydrogens is 256 g/mol. The summed E-state index contributed by atoms with van der Waals surface area (Å²) in [7, 11) is 3.79. The van der Waals surface area contributed by atoms with Gasteiger partial charge in [0, 0.05) is 25.8 Å². The maximum atomic E-state index is 11.9. The summed E-state index contributed by atoms with van der Waals surface area (Å²) in [6.45, 7) is 1.51. The number of rotatable bonds is 4. The van der Waals surface area contributed by atoms with Gasteiger partial charge in [0.15, 0.2) is 0 Å². The van der Waals surface area contributed by atoms with E-state index in [1.165, 1.54) is 0 Å². The number of primary amides is 1. The smallest absolute Gasteiger partial charge is 0.316 e. The molecule has 1 aromatic rings. The molecule has 6 nitrogen and oxygen atoms in total. The fourth-order valence-corrected chi connectivity index (χ4v) is 2.45. The van der Waals surface area contributed by atoms with Crippen LogP contribution >= 0.6 is 0 Å². The largest absolute Gasteiger partial charge is 0.351 e. The first-order valence-electron chi connectivity index (χ1n) is 6.58. The molecule has 6 heteroatoms. The average molecular weight is 276 g/mol. The standard InChI is InChI=1S/C14H20N4O2/c1-17-8-7-12(13(17)19)18(2)9-10-3-5-11(6-4-10)16-14(15)20/h3-6,12H,7-9H2,1-2H3,(H3,15,16,20). The van der Waals surface area contributed by atoms with Crippen LogP contribution in [0.3, 0.4) is 0 Å². The third-order valence-corrected chi connectivity index (χ3v) is 3.58. The number of likely N-dealkylation sites (tertiary alicyclic amines) is 1. The Kier molecular flexibility index (Phi) is 4.24. The summed E-state index contributed by atoms with van der Waals surface area (Å²) < 4.78 is 0. The Morgan fingerprint density at radius 1 is 1.45 bits per heavy atom. The van der Waals surface area contributed by atoms with E-state index in [0.717, 1.165) is 18.5 Å². The van der Waals surface area contributed by atoms with Crippen molar-refractivity contribution in [2.45, 2.75) is 19.0 Å². The number of likely N-dealkylation sites (N-methyl/N-ethyl adjacent to an activating group) is 2. The summed E-state index contributed by atoms with van der Waals surface area (Å²) in [6.07, 6.45) is 0.868. The predicted molar refractivity (Wildman–Crippen MR) is 77.2 cm³/mol. The molecule has 0 saturated carbocycles. The van der Waals surface area contributed by atoms with Crippen molar-refractivity contribution in [3.8, 4) is 0 Å². The summed E-state index contributed by atoms with van der Waals surface area (Å²) in [4.78, 5) is 26.5. The minimum atomic E-state index is -0.575. The summed E-state index contributed by atoms with van der Waals surface area (Å²) in [5.41, 5.74) is 6.81. The number of nitrogens with zero attached hydrogens (tertiary/aromatic N) is 2. The zero-order valence-electron chi connectivity index (χ0n) is 11.8. The van der Waals surface area contributed by atoms with Gasteiger partial charge in [0.2, 0.25) is 5.91 Å². The maximum Gasteiger partial charge on any atom is 0.316 e. The minimum Gasteiger partial charge on any atom is -0.351 e. The first-order valence-corrected chi connectivity index (χ1v) is 6.58. The number of anilines is 1. The van der Waals surface area contributed by atoms with E-state index >= 15 is 0 Å². The number of nitrogens with two attached hydrogens (primary N) is 1. The van der Waals surface area contributed by atoms with Crippen molar-refractivity contribution in [2.75, 3.05) is 26.0 Å². The Balaban J connectivity index is 1.96. The highest BCUT2D eigenvalue weighted by molar-refractivity contribution is 5.87. The number of hydrogen-bond acceptors (Lipinski definition) is 3. The van der Waals surface area contributed by atoms with Crippen LogP contribution in [0.4, 0.5) is 10.5 Å². The van der Waals surface area contributed by atoms with Gasteiger partial charge >= 0.3 is 6.03 Å². The molecule has 3 amide bonds. The molecule has 1 aliphatic heterocycles. The third-order valence-electron chi connectivity index (χ3n) is 3.58. The van der Waals surface area contributed by atoms with Crippen LogP contribution in [0, 0.1) is 0 Å². The zero-order valence-corrected chi connectivity index (χ0v) is 11.8. The van der Waals surface area contributed by atoms with Crippen molar-refractivity contribution in [1.29, 1.82) is 0 Å². The number of benzene rings is 1. The van der Waals surface area contributed by atoms with E-state index in [-0.39, 0.29) is 11.9 Å². The molecule has 1 aromatic carbocycles. The Morgan fingerprint density at radius 3 is 2.60 bits per heavy atom. The van der Waals surface area contributed by atoms with Crippen LogP contribution in [0.2, 0.25) is 0 Å². The van der Waals surface area contributed by atoms with Crippen LogP contribution in [0.15, 0.2) is 24.3 Å². The lowest BCUT2D eigenvalue weighted by Crippen LogP contribution is -2.38. The van der Waals surface area contributed by atoms with Gasteiger partial charge in [-0.1, -0.05) is 12.1 Å². The Hall–Kier alpha value is -2.08. The number of carbonyl (C=O) groups is 2. The van der Waals surface area contributed by atoms with Crippen molar-refractivity contribution in [3.05, 3.63) is 29.8 Å². The highest BCUT2D eigenvalue weighted by atomic mass is 16.2. The van der Waals surface area contributed by atoms with Gasteiger partial charge < -0.3 is 16.0 Å². The van der Waals surface area contributed by atoms with Crippen molar-refractivity contribution >= 4 is 17.6 Å². The first kappa shape index (κ1) is 14.3. The second-order valence-corrected chi connectivity index (χ2v) is 5.17. The van der Waals surface area contributed by atoms with Gasteiger partial charge in [0.05, 0.1) is 6.04 Å². The fourth-order valence-electron chi connectivity index (χ4n) is 2.45.